The van der Waals surface area contributed by atoms with Gasteiger partial charge in [0.2, 0.25) is 5.78 Å². The molecule has 1 heterocycles. The van der Waals surface area contributed by atoms with Crippen LogP contribution in [0.5, 0.6) is 17.2 Å². The number of amides is 1. The van der Waals surface area contributed by atoms with Crippen LogP contribution in [0, 0.1) is 0 Å². The van der Waals surface area contributed by atoms with E-state index in [4.69, 9.17) is 14.2 Å². The molecule has 1 atom stereocenters. The van der Waals surface area contributed by atoms with Crippen molar-refractivity contribution in [3.05, 3.63) is 59.2 Å². The smallest absolute Gasteiger partial charge is 0.295 e. The molecule has 3 rings (SSSR count). The standard InChI is InChI=1S/C29H38N2O6/c1-7-35-23-15-12-21(18-24(23)36-8-2)26-25(28(33)29(34)31(26)17-9-16-30(5)6)27(32)20-10-13-22(14-11-20)37-19(3)4/h10-15,18-19,26,32H,7-9,16-17H2,1-6H3/b27-25+. The van der Waals surface area contributed by atoms with Crippen LogP contribution in [0.15, 0.2) is 48.0 Å². The lowest BCUT2D eigenvalue weighted by Crippen LogP contribution is -3.05. The van der Waals surface area contributed by atoms with Crippen LogP contribution in [0.25, 0.3) is 5.76 Å². The Hall–Kier alpha value is -3.52. The number of rotatable bonds is 12. The van der Waals surface area contributed by atoms with Crippen LogP contribution >= 0.6 is 0 Å². The second-order valence-corrected chi connectivity index (χ2v) is 9.55. The van der Waals surface area contributed by atoms with Gasteiger partial charge in [0.05, 0.1) is 46.0 Å². The first-order chi connectivity index (χ1) is 17.7. The summed E-state index contributed by atoms with van der Waals surface area (Å²) in [4.78, 5) is 29.2. The van der Waals surface area contributed by atoms with E-state index in [2.05, 4.69) is 0 Å². The zero-order valence-corrected chi connectivity index (χ0v) is 22.6. The van der Waals surface area contributed by atoms with Gasteiger partial charge in [-0.3, -0.25) is 9.59 Å². The molecule has 0 bridgehead atoms. The normalized spacial score (nSPS) is 17.1. The second-order valence-electron chi connectivity index (χ2n) is 9.55. The quantitative estimate of drug-likeness (QED) is 0.267. The van der Waals surface area contributed by atoms with Gasteiger partial charge in [-0.1, -0.05) is 24.0 Å². The molecule has 1 aliphatic heterocycles. The third-order valence-electron chi connectivity index (χ3n) is 5.98. The number of likely N-dealkylation sites (tertiary alicyclic amines) is 1. The maximum Gasteiger partial charge on any atom is 0.295 e. The van der Waals surface area contributed by atoms with Crippen LogP contribution in [-0.2, 0) is 9.59 Å². The number of nitrogens with one attached hydrogen (secondary N) is 1. The fourth-order valence-electron chi connectivity index (χ4n) is 4.40. The zero-order valence-electron chi connectivity index (χ0n) is 22.6. The highest BCUT2D eigenvalue weighted by atomic mass is 16.5. The molecule has 1 aliphatic rings. The minimum Gasteiger partial charge on any atom is -0.872 e. The Balaban J connectivity index is 2.10. The molecular weight excluding hydrogens is 472 g/mol. The van der Waals surface area contributed by atoms with Crippen molar-refractivity contribution in [2.24, 2.45) is 0 Å². The van der Waals surface area contributed by atoms with E-state index in [1.807, 2.05) is 41.8 Å². The molecule has 200 valence electrons. The van der Waals surface area contributed by atoms with E-state index in [1.165, 1.54) is 9.80 Å². The molecule has 1 saturated heterocycles. The average Bonchev–Trinajstić information content (AvgIpc) is 3.10. The van der Waals surface area contributed by atoms with Crippen molar-refractivity contribution in [2.45, 2.75) is 46.3 Å². The molecule has 2 aromatic carbocycles. The van der Waals surface area contributed by atoms with Crippen molar-refractivity contribution in [1.29, 1.82) is 0 Å². The summed E-state index contributed by atoms with van der Waals surface area (Å²) in [6.07, 6.45) is 0.682. The average molecular weight is 511 g/mol. The van der Waals surface area contributed by atoms with Gasteiger partial charge in [-0.25, -0.2) is 0 Å². The number of carbonyl (C=O) groups excluding carboxylic acids is 2. The molecule has 1 amide bonds. The van der Waals surface area contributed by atoms with Gasteiger partial charge in [-0.15, -0.1) is 0 Å². The van der Waals surface area contributed by atoms with Crippen LogP contribution in [0.4, 0.5) is 0 Å². The van der Waals surface area contributed by atoms with Crippen molar-refractivity contribution in [3.8, 4) is 17.2 Å². The molecule has 1 N–H and O–H groups in total. The summed E-state index contributed by atoms with van der Waals surface area (Å²) < 4.78 is 17.2. The first-order valence-electron chi connectivity index (χ1n) is 12.9. The number of Topliss-reactive ketones (excluding diaryl/α,β-unsaturated/α-hetero) is 1. The Morgan fingerprint density at radius 2 is 1.65 bits per heavy atom. The Labute approximate surface area is 219 Å². The number of hydrogen-bond acceptors (Lipinski definition) is 6. The van der Waals surface area contributed by atoms with Gasteiger partial charge in [0.15, 0.2) is 11.5 Å². The molecule has 0 radical (unpaired) electrons. The minimum atomic E-state index is -0.814. The van der Waals surface area contributed by atoms with Gasteiger partial charge in [0.1, 0.15) is 5.75 Å². The fraction of sp³-hybridized carbons (Fsp3) is 0.448. The molecule has 0 aliphatic carbocycles. The van der Waals surface area contributed by atoms with Crippen molar-refractivity contribution in [1.82, 2.24) is 4.90 Å². The summed E-state index contributed by atoms with van der Waals surface area (Å²) in [6, 6.07) is 11.2. The monoisotopic (exact) mass is 510 g/mol. The minimum absolute atomic E-state index is 0.00825. The molecule has 2 aromatic rings. The summed E-state index contributed by atoms with van der Waals surface area (Å²) in [5, 5.41) is 13.7. The number of hydrogen-bond donors (Lipinski definition) is 1. The first kappa shape index (κ1) is 28.1. The Morgan fingerprint density at radius 1 is 1.00 bits per heavy atom. The Morgan fingerprint density at radius 3 is 2.24 bits per heavy atom. The van der Waals surface area contributed by atoms with Gasteiger partial charge < -0.3 is 29.1 Å². The van der Waals surface area contributed by atoms with E-state index in [0.717, 1.165) is 6.54 Å². The van der Waals surface area contributed by atoms with E-state index in [9.17, 15) is 14.7 Å². The molecule has 0 spiro atoms. The maximum atomic E-state index is 13.7. The van der Waals surface area contributed by atoms with Gasteiger partial charge in [-0.2, -0.15) is 0 Å². The van der Waals surface area contributed by atoms with Gasteiger partial charge >= 0.3 is 0 Å². The number of benzene rings is 2. The van der Waals surface area contributed by atoms with E-state index in [-0.39, 0.29) is 11.7 Å². The molecule has 8 nitrogen and oxygen atoms in total. The predicted molar refractivity (Wildman–Crippen MR) is 140 cm³/mol. The molecule has 1 fully saturated rings. The Bertz CT molecular complexity index is 1120. The zero-order chi connectivity index (χ0) is 27.1. The summed E-state index contributed by atoms with van der Waals surface area (Å²) >= 11 is 0. The van der Waals surface area contributed by atoms with E-state index < -0.39 is 23.5 Å². The summed E-state index contributed by atoms with van der Waals surface area (Å²) in [5.74, 6) is -0.182. The van der Waals surface area contributed by atoms with Crippen molar-refractivity contribution >= 4 is 17.4 Å². The maximum absolute atomic E-state index is 13.7. The van der Waals surface area contributed by atoms with Crippen molar-refractivity contribution in [3.63, 3.8) is 0 Å². The first-order valence-corrected chi connectivity index (χ1v) is 12.9. The number of carbonyl (C=O) groups is 2. The summed E-state index contributed by atoms with van der Waals surface area (Å²) in [5.41, 5.74) is 0.908. The third-order valence-corrected chi connectivity index (χ3v) is 5.98. The lowest BCUT2D eigenvalue weighted by atomic mass is 9.95. The molecular formula is C29H38N2O6. The molecule has 8 heteroatoms. The van der Waals surface area contributed by atoms with Crippen LogP contribution < -0.4 is 24.2 Å². The third kappa shape index (κ3) is 6.63. The van der Waals surface area contributed by atoms with Gasteiger partial charge in [0, 0.05) is 18.5 Å². The number of ether oxygens (including phenoxy) is 3. The highest BCUT2D eigenvalue weighted by molar-refractivity contribution is 6.46. The van der Waals surface area contributed by atoms with Crippen LogP contribution in [0.2, 0.25) is 0 Å². The van der Waals surface area contributed by atoms with E-state index in [0.29, 0.717) is 54.6 Å². The highest BCUT2D eigenvalue weighted by Gasteiger charge is 2.44. The largest absolute Gasteiger partial charge is 0.872 e. The van der Waals surface area contributed by atoms with Crippen LogP contribution in [0.1, 0.15) is 51.3 Å². The summed E-state index contributed by atoms with van der Waals surface area (Å²) in [6.45, 7) is 9.65. The number of ketones is 1. The molecule has 0 saturated carbocycles. The highest BCUT2D eigenvalue weighted by Crippen LogP contribution is 2.41. The SMILES string of the molecule is CCOc1ccc(C2/C(=C(\[O-])c3ccc(OC(C)C)cc3)C(=O)C(=O)N2CCC[NH+](C)C)cc1OCC. The number of nitrogens with zero attached hydrogens (tertiary/aromatic N) is 1. The van der Waals surface area contributed by atoms with Crippen LogP contribution in [0.3, 0.4) is 0 Å². The molecule has 0 aromatic heterocycles. The van der Waals surface area contributed by atoms with Crippen molar-refractivity contribution in [2.75, 3.05) is 40.4 Å². The predicted octanol–water partition coefficient (Wildman–Crippen LogP) is 2.03. The van der Waals surface area contributed by atoms with Crippen LogP contribution in [-0.4, -0.2) is 63.1 Å². The number of quaternary nitrogens is 1. The van der Waals surface area contributed by atoms with E-state index in [1.54, 1.807) is 42.5 Å². The van der Waals surface area contributed by atoms with E-state index >= 15 is 0 Å². The Kier molecular flexibility index (Phi) is 9.58. The van der Waals surface area contributed by atoms with Crippen molar-refractivity contribution < 1.29 is 33.8 Å². The van der Waals surface area contributed by atoms with Gasteiger partial charge in [0.25, 0.3) is 5.91 Å². The van der Waals surface area contributed by atoms with Gasteiger partial charge in [-0.05, 0) is 63.1 Å². The molecule has 1 unspecified atom stereocenters. The molecule has 37 heavy (non-hydrogen) atoms. The lowest BCUT2D eigenvalue weighted by Gasteiger charge is -2.28. The lowest BCUT2D eigenvalue weighted by molar-refractivity contribution is -0.858. The summed E-state index contributed by atoms with van der Waals surface area (Å²) in [7, 11) is 4.06. The fourth-order valence-corrected chi connectivity index (χ4v) is 4.40. The second kappa shape index (κ2) is 12.6. The topological polar surface area (TPSA) is 92.6 Å².